The van der Waals surface area contributed by atoms with Gasteiger partial charge in [-0.15, -0.1) is 11.3 Å². The van der Waals surface area contributed by atoms with E-state index in [1.807, 2.05) is 84.2 Å². The Morgan fingerprint density at radius 1 is 0.963 bits per heavy atom. The van der Waals surface area contributed by atoms with Crippen LogP contribution in [0.5, 0.6) is 0 Å². The predicted molar refractivity (Wildman–Crippen MR) is 106 cm³/mol. The van der Waals surface area contributed by atoms with Gasteiger partial charge in [-0.05, 0) is 22.6 Å². The molecule has 0 saturated carbocycles. The molecule has 2 aromatic carbocycles. The number of amides is 1. The van der Waals surface area contributed by atoms with Crippen LogP contribution < -0.4 is 5.32 Å². The summed E-state index contributed by atoms with van der Waals surface area (Å²) < 4.78 is 5.36. The van der Waals surface area contributed by atoms with Gasteiger partial charge in [-0.2, -0.15) is 0 Å². The van der Waals surface area contributed by atoms with Crippen LogP contribution in [0.2, 0.25) is 0 Å². The highest BCUT2D eigenvalue weighted by Crippen LogP contribution is 2.26. The second-order valence-corrected chi connectivity index (χ2v) is 7.11. The minimum absolute atomic E-state index is 0.0984. The van der Waals surface area contributed by atoms with Crippen LogP contribution in [-0.4, -0.2) is 11.1 Å². The standard InChI is InChI=1S/C22H18N2O2S/c25-21(15-18-14-19(26-24-18)20-12-7-13-27-20)23-22(16-8-3-1-4-9-16)17-10-5-2-6-11-17/h1-14,22H,15H2,(H,23,25). The lowest BCUT2D eigenvalue weighted by molar-refractivity contribution is -0.121. The number of aromatic nitrogens is 1. The highest BCUT2D eigenvalue weighted by molar-refractivity contribution is 7.13. The van der Waals surface area contributed by atoms with Crippen LogP contribution in [0.4, 0.5) is 0 Å². The molecule has 0 unspecified atom stereocenters. The van der Waals surface area contributed by atoms with E-state index in [1.54, 1.807) is 11.3 Å². The monoisotopic (exact) mass is 374 g/mol. The molecular weight excluding hydrogens is 356 g/mol. The molecule has 2 heterocycles. The molecule has 0 spiro atoms. The maximum atomic E-state index is 12.7. The number of nitrogens with one attached hydrogen (secondary N) is 1. The highest BCUT2D eigenvalue weighted by Gasteiger charge is 2.18. The van der Waals surface area contributed by atoms with Gasteiger partial charge in [0, 0.05) is 6.07 Å². The van der Waals surface area contributed by atoms with Crippen molar-refractivity contribution in [3.63, 3.8) is 0 Å². The van der Waals surface area contributed by atoms with Gasteiger partial charge < -0.3 is 9.84 Å². The normalized spacial score (nSPS) is 10.9. The summed E-state index contributed by atoms with van der Waals surface area (Å²) in [7, 11) is 0. The maximum absolute atomic E-state index is 12.7. The second-order valence-electron chi connectivity index (χ2n) is 6.16. The molecule has 1 amide bonds. The Balaban J connectivity index is 1.51. The van der Waals surface area contributed by atoms with Crippen LogP contribution in [0.25, 0.3) is 10.6 Å². The van der Waals surface area contributed by atoms with Crippen molar-refractivity contribution in [1.82, 2.24) is 10.5 Å². The van der Waals surface area contributed by atoms with Gasteiger partial charge in [-0.25, -0.2) is 0 Å². The van der Waals surface area contributed by atoms with Gasteiger partial charge in [0.25, 0.3) is 0 Å². The topological polar surface area (TPSA) is 55.1 Å². The highest BCUT2D eigenvalue weighted by atomic mass is 32.1. The summed E-state index contributed by atoms with van der Waals surface area (Å²) in [5, 5.41) is 9.14. The molecule has 0 aliphatic rings. The van der Waals surface area contributed by atoms with Crippen molar-refractivity contribution in [2.75, 3.05) is 0 Å². The molecular formula is C22H18N2O2S. The van der Waals surface area contributed by atoms with E-state index >= 15 is 0 Å². The number of carbonyl (C=O) groups excluding carboxylic acids is 1. The van der Waals surface area contributed by atoms with Gasteiger partial charge in [0.05, 0.1) is 23.0 Å². The van der Waals surface area contributed by atoms with Crippen molar-refractivity contribution >= 4 is 17.2 Å². The van der Waals surface area contributed by atoms with Gasteiger partial charge >= 0.3 is 0 Å². The molecule has 4 aromatic rings. The van der Waals surface area contributed by atoms with E-state index in [1.165, 1.54) is 0 Å². The molecule has 0 aliphatic carbocycles. The van der Waals surface area contributed by atoms with E-state index in [9.17, 15) is 4.79 Å². The number of benzene rings is 2. The fourth-order valence-electron chi connectivity index (χ4n) is 2.96. The summed E-state index contributed by atoms with van der Waals surface area (Å²) in [5.74, 6) is 0.592. The lowest BCUT2D eigenvalue weighted by Gasteiger charge is -2.19. The van der Waals surface area contributed by atoms with Crippen molar-refractivity contribution in [2.24, 2.45) is 0 Å². The minimum atomic E-state index is -0.205. The lowest BCUT2D eigenvalue weighted by atomic mass is 9.98. The number of thiophene rings is 1. The number of hydrogen-bond donors (Lipinski definition) is 1. The number of hydrogen-bond acceptors (Lipinski definition) is 4. The van der Waals surface area contributed by atoms with E-state index in [0.29, 0.717) is 11.5 Å². The number of carbonyl (C=O) groups is 1. The quantitative estimate of drug-likeness (QED) is 0.525. The summed E-state index contributed by atoms with van der Waals surface area (Å²) in [6.07, 6.45) is 0.172. The Labute approximate surface area is 161 Å². The summed E-state index contributed by atoms with van der Waals surface area (Å²) >= 11 is 1.58. The van der Waals surface area contributed by atoms with Gasteiger partial charge in [0.1, 0.15) is 0 Å². The van der Waals surface area contributed by atoms with Crippen LogP contribution in [0, 0.1) is 0 Å². The summed E-state index contributed by atoms with van der Waals surface area (Å²) in [4.78, 5) is 13.7. The van der Waals surface area contributed by atoms with Crippen LogP contribution >= 0.6 is 11.3 Å². The van der Waals surface area contributed by atoms with Crippen LogP contribution in [0.15, 0.2) is 88.8 Å². The first kappa shape index (κ1) is 17.2. The summed E-state index contributed by atoms with van der Waals surface area (Å²) in [5.41, 5.74) is 2.70. The Kier molecular flexibility index (Phi) is 5.12. The van der Waals surface area contributed by atoms with E-state index in [0.717, 1.165) is 16.0 Å². The van der Waals surface area contributed by atoms with Gasteiger partial charge in [-0.1, -0.05) is 71.9 Å². The number of nitrogens with zero attached hydrogens (tertiary/aromatic N) is 1. The molecule has 0 bridgehead atoms. The molecule has 2 aromatic heterocycles. The molecule has 1 N–H and O–H groups in total. The molecule has 0 saturated heterocycles. The van der Waals surface area contributed by atoms with Crippen molar-refractivity contribution < 1.29 is 9.32 Å². The minimum Gasteiger partial charge on any atom is -0.355 e. The van der Waals surface area contributed by atoms with Gasteiger partial charge in [-0.3, -0.25) is 4.79 Å². The Morgan fingerprint density at radius 3 is 2.22 bits per heavy atom. The molecule has 0 fully saturated rings. The first-order valence-electron chi connectivity index (χ1n) is 8.68. The third kappa shape index (κ3) is 4.15. The van der Waals surface area contributed by atoms with E-state index in [2.05, 4.69) is 10.5 Å². The van der Waals surface area contributed by atoms with Crippen LogP contribution in [0.3, 0.4) is 0 Å². The molecule has 0 radical (unpaired) electrons. The SMILES string of the molecule is O=C(Cc1cc(-c2cccs2)on1)NC(c1ccccc1)c1ccccc1. The molecule has 27 heavy (non-hydrogen) atoms. The zero-order chi connectivity index (χ0) is 18.5. The van der Waals surface area contributed by atoms with E-state index in [-0.39, 0.29) is 18.4 Å². The summed E-state index contributed by atoms with van der Waals surface area (Å²) in [6, 6.07) is 25.4. The molecule has 4 rings (SSSR count). The van der Waals surface area contributed by atoms with Gasteiger partial charge in [0.15, 0.2) is 5.76 Å². The second kappa shape index (κ2) is 8.01. The van der Waals surface area contributed by atoms with E-state index < -0.39 is 0 Å². The average Bonchev–Trinajstić information content (AvgIpc) is 3.39. The summed E-state index contributed by atoms with van der Waals surface area (Å²) in [6.45, 7) is 0. The van der Waals surface area contributed by atoms with Gasteiger partial charge in [0.2, 0.25) is 5.91 Å². The molecule has 5 heteroatoms. The maximum Gasteiger partial charge on any atom is 0.226 e. The average molecular weight is 374 g/mol. The first-order valence-corrected chi connectivity index (χ1v) is 9.56. The largest absolute Gasteiger partial charge is 0.355 e. The first-order chi connectivity index (χ1) is 13.3. The third-order valence-electron chi connectivity index (χ3n) is 4.24. The smallest absolute Gasteiger partial charge is 0.226 e. The molecule has 0 atom stereocenters. The number of rotatable bonds is 6. The zero-order valence-electron chi connectivity index (χ0n) is 14.5. The predicted octanol–water partition coefficient (Wildman–Crippen LogP) is 4.85. The third-order valence-corrected chi connectivity index (χ3v) is 5.12. The zero-order valence-corrected chi connectivity index (χ0v) is 15.4. The Morgan fingerprint density at radius 2 is 1.63 bits per heavy atom. The Hall–Kier alpha value is -3.18. The van der Waals surface area contributed by atoms with E-state index in [4.69, 9.17) is 4.52 Å². The lowest BCUT2D eigenvalue weighted by Crippen LogP contribution is -2.30. The van der Waals surface area contributed by atoms with Crippen molar-refractivity contribution in [2.45, 2.75) is 12.5 Å². The van der Waals surface area contributed by atoms with Crippen LogP contribution in [-0.2, 0) is 11.2 Å². The fourth-order valence-corrected chi connectivity index (χ4v) is 3.63. The molecule has 4 nitrogen and oxygen atoms in total. The van der Waals surface area contributed by atoms with Crippen molar-refractivity contribution in [3.8, 4) is 10.6 Å². The molecule has 134 valence electrons. The van der Waals surface area contributed by atoms with Crippen LogP contribution in [0.1, 0.15) is 22.9 Å². The Bertz CT molecular complexity index is 956. The fraction of sp³-hybridized carbons (Fsp3) is 0.0909. The molecule has 0 aliphatic heterocycles. The van der Waals surface area contributed by atoms with Crippen molar-refractivity contribution in [3.05, 3.63) is 101 Å². The van der Waals surface area contributed by atoms with Crippen molar-refractivity contribution in [1.29, 1.82) is 0 Å².